The summed E-state index contributed by atoms with van der Waals surface area (Å²) >= 11 is 7.09. The molecule has 2 rings (SSSR count). The highest BCUT2D eigenvalue weighted by Gasteiger charge is 2.21. The summed E-state index contributed by atoms with van der Waals surface area (Å²) in [5.74, 6) is 0.980. The lowest BCUT2D eigenvalue weighted by Crippen LogP contribution is -2.34. The second-order valence-electron chi connectivity index (χ2n) is 3.64. The summed E-state index contributed by atoms with van der Waals surface area (Å²) in [7, 11) is 0. The molecule has 0 radical (unpaired) electrons. The van der Waals surface area contributed by atoms with Crippen LogP contribution in [-0.4, -0.2) is 16.1 Å². The van der Waals surface area contributed by atoms with Gasteiger partial charge in [-0.25, -0.2) is 0 Å². The van der Waals surface area contributed by atoms with Crippen LogP contribution >= 0.6 is 24.0 Å². The van der Waals surface area contributed by atoms with Gasteiger partial charge in [-0.1, -0.05) is 42.2 Å². The Morgan fingerprint density at radius 2 is 2.07 bits per heavy atom. The van der Waals surface area contributed by atoms with Crippen LogP contribution in [0.4, 0.5) is 5.69 Å². The van der Waals surface area contributed by atoms with Crippen molar-refractivity contribution in [3.8, 4) is 0 Å². The van der Waals surface area contributed by atoms with E-state index in [2.05, 4.69) is 43.0 Å². The van der Waals surface area contributed by atoms with E-state index in [0.29, 0.717) is 6.04 Å². The fourth-order valence-corrected chi connectivity index (χ4v) is 2.95. The van der Waals surface area contributed by atoms with E-state index in [-0.39, 0.29) is 0 Å². The maximum Gasteiger partial charge on any atom is 0.0816 e. The Morgan fingerprint density at radius 1 is 1.36 bits per heavy atom. The number of thioether (sulfide) groups is 1. The SMILES string of the molecule is CC(C)N1CSC(=S)c2ccccc21. The molecule has 1 aromatic rings. The summed E-state index contributed by atoms with van der Waals surface area (Å²) in [6, 6.07) is 8.93. The molecule has 0 aromatic heterocycles. The minimum absolute atomic E-state index is 0.534. The van der Waals surface area contributed by atoms with Crippen LogP contribution in [0.3, 0.4) is 0 Å². The number of nitrogens with zero attached hydrogens (tertiary/aromatic N) is 1. The number of thiocarbonyl (C=S) groups is 1. The summed E-state index contributed by atoms with van der Waals surface area (Å²) in [5, 5.41) is 0. The van der Waals surface area contributed by atoms with Gasteiger partial charge in [0.1, 0.15) is 0 Å². The lowest BCUT2D eigenvalue weighted by atomic mass is 10.1. The summed E-state index contributed by atoms with van der Waals surface area (Å²) in [5.41, 5.74) is 2.50. The number of para-hydroxylation sites is 1. The van der Waals surface area contributed by atoms with E-state index < -0.39 is 0 Å². The highest BCUT2D eigenvalue weighted by molar-refractivity contribution is 8.23. The average Bonchev–Trinajstić information content (AvgIpc) is 2.18. The first-order valence-corrected chi connectivity index (χ1v) is 6.12. The van der Waals surface area contributed by atoms with Crippen LogP contribution in [0.25, 0.3) is 0 Å². The van der Waals surface area contributed by atoms with Crippen molar-refractivity contribution >= 4 is 33.9 Å². The molecule has 0 saturated carbocycles. The minimum Gasteiger partial charge on any atom is -0.359 e. The molecule has 1 nitrogen and oxygen atoms in total. The van der Waals surface area contributed by atoms with Crippen LogP contribution < -0.4 is 4.90 Å². The third-order valence-corrected chi connectivity index (χ3v) is 3.85. The molecule has 0 N–H and O–H groups in total. The van der Waals surface area contributed by atoms with E-state index in [4.69, 9.17) is 12.2 Å². The Morgan fingerprint density at radius 3 is 2.79 bits per heavy atom. The van der Waals surface area contributed by atoms with Crippen molar-refractivity contribution in [2.45, 2.75) is 19.9 Å². The highest BCUT2D eigenvalue weighted by Crippen LogP contribution is 2.33. The van der Waals surface area contributed by atoms with Crippen LogP contribution in [0.1, 0.15) is 19.4 Å². The van der Waals surface area contributed by atoms with E-state index in [1.165, 1.54) is 11.3 Å². The molecule has 74 valence electrons. The highest BCUT2D eigenvalue weighted by atomic mass is 32.2. The molecule has 0 atom stereocenters. The average molecular weight is 223 g/mol. The van der Waals surface area contributed by atoms with Gasteiger partial charge in [-0.2, -0.15) is 0 Å². The largest absolute Gasteiger partial charge is 0.359 e. The molecule has 1 aromatic carbocycles. The monoisotopic (exact) mass is 223 g/mol. The molecule has 0 fully saturated rings. The van der Waals surface area contributed by atoms with Crippen molar-refractivity contribution in [2.24, 2.45) is 0 Å². The van der Waals surface area contributed by atoms with Crippen molar-refractivity contribution in [1.29, 1.82) is 0 Å². The predicted octanol–water partition coefficient (Wildman–Crippen LogP) is 3.28. The van der Waals surface area contributed by atoms with Crippen molar-refractivity contribution in [3.63, 3.8) is 0 Å². The summed E-state index contributed by atoms with van der Waals surface area (Å²) in [6.07, 6.45) is 0. The molecule has 0 saturated heterocycles. The van der Waals surface area contributed by atoms with E-state index >= 15 is 0 Å². The van der Waals surface area contributed by atoms with E-state index in [1.54, 1.807) is 11.8 Å². The van der Waals surface area contributed by atoms with Crippen molar-refractivity contribution in [3.05, 3.63) is 29.8 Å². The van der Waals surface area contributed by atoms with Crippen LogP contribution in [0.15, 0.2) is 24.3 Å². The predicted molar refractivity (Wildman–Crippen MR) is 68.2 cm³/mol. The maximum absolute atomic E-state index is 5.34. The van der Waals surface area contributed by atoms with Crippen LogP contribution in [0.2, 0.25) is 0 Å². The van der Waals surface area contributed by atoms with Gasteiger partial charge in [-0.15, -0.1) is 0 Å². The molecular weight excluding hydrogens is 210 g/mol. The van der Waals surface area contributed by atoms with Crippen molar-refractivity contribution in [2.75, 3.05) is 10.8 Å². The van der Waals surface area contributed by atoms with Crippen molar-refractivity contribution < 1.29 is 0 Å². The topological polar surface area (TPSA) is 3.24 Å². The zero-order valence-electron chi connectivity index (χ0n) is 8.36. The first-order chi connectivity index (χ1) is 6.70. The van der Waals surface area contributed by atoms with E-state index in [0.717, 1.165) is 10.1 Å². The molecule has 1 heterocycles. The summed E-state index contributed by atoms with van der Waals surface area (Å²) in [6.45, 7) is 4.43. The third-order valence-electron chi connectivity index (χ3n) is 2.39. The second-order valence-corrected chi connectivity index (χ2v) is 5.26. The Hall–Kier alpha value is -0.540. The quantitative estimate of drug-likeness (QED) is 0.673. The van der Waals surface area contributed by atoms with Crippen LogP contribution in [0, 0.1) is 0 Å². The number of benzene rings is 1. The van der Waals surface area contributed by atoms with Gasteiger partial charge in [-0.05, 0) is 19.9 Å². The van der Waals surface area contributed by atoms with Gasteiger partial charge in [0.25, 0.3) is 0 Å². The van der Waals surface area contributed by atoms with Gasteiger partial charge in [0.05, 0.1) is 10.1 Å². The normalized spacial score (nSPS) is 15.9. The summed E-state index contributed by atoms with van der Waals surface area (Å²) in [4.78, 5) is 2.38. The minimum atomic E-state index is 0.534. The molecule has 0 unspecified atom stereocenters. The van der Waals surface area contributed by atoms with Crippen molar-refractivity contribution in [1.82, 2.24) is 0 Å². The van der Waals surface area contributed by atoms with Crippen LogP contribution in [-0.2, 0) is 0 Å². The molecule has 1 aliphatic heterocycles. The van der Waals surface area contributed by atoms with Gasteiger partial charge in [-0.3, -0.25) is 0 Å². The van der Waals surface area contributed by atoms with Gasteiger partial charge in [0.15, 0.2) is 0 Å². The fraction of sp³-hybridized carbons (Fsp3) is 0.364. The molecule has 0 amide bonds. The first-order valence-electron chi connectivity index (χ1n) is 4.73. The Kier molecular flexibility index (Phi) is 2.79. The lowest BCUT2D eigenvalue weighted by molar-refractivity contribution is 0.742. The molecule has 3 heteroatoms. The molecule has 0 aliphatic carbocycles. The zero-order chi connectivity index (χ0) is 10.1. The Balaban J connectivity index is 2.46. The molecule has 0 spiro atoms. The molecule has 14 heavy (non-hydrogen) atoms. The molecule has 0 bridgehead atoms. The van der Waals surface area contributed by atoms with Gasteiger partial charge in [0, 0.05) is 17.3 Å². The second kappa shape index (κ2) is 3.91. The molecule has 1 aliphatic rings. The Labute approximate surface area is 94.5 Å². The number of anilines is 1. The van der Waals surface area contributed by atoms with Gasteiger partial charge in [0.2, 0.25) is 0 Å². The molecular formula is C11H13NS2. The van der Waals surface area contributed by atoms with Gasteiger partial charge < -0.3 is 4.90 Å². The number of hydrogen-bond acceptors (Lipinski definition) is 3. The number of hydrogen-bond donors (Lipinski definition) is 0. The standard InChI is InChI=1S/C11H13NS2/c1-8(2)12-7-14-11(13)9-5-3-4-6-10(9)12/h3-6,8H,7H2,1-2H3. The summed E-state index contributed by atoms with van der Waals surface area (Å²) < 4.78 is 1.03. The fourth-order valence-electron chi connectivity index (χ4n) is 1.60. The van der Waals surface area contributed by atoms with Crippen LogP contribution in [0.5, 0.6) is 0 Å². The third kappa shape index (κ3) is 1.66. The number of fused-ring (bicyclic) bond motifs is 1. The smallest absolute Gasteiger partial charge is 0.0816 e. The van der Waals surface area contributed by atoms with E-state index in [9.17, 15) is 0 Å². The van der Waals surface area contributed by atoms with Gasteiger partial charge >= 0.3 is 0 Å². The Bertz CT molecular complexity index is 360. The van der Waals surface area contributed by atoms with E-state index in [1.807, 2.05) is 0 Å². The zero-order valence-corrected chi connectivity index (χ0v) is 9.99. The maximum atomic E-state index is 5.34. The number of rotatable bonds is 1. The lowest BCUT2D eigenvalue weighted by Gasteiger charge is -2.34. The first kappa shape index (κ1) is 9.99.